The summed E-state index contributed by atoms with van der Waals surface area (Å²) in [5.74, 6) is 2.41. The van der Waals surface area contributed by atoms with E-state index in [1.54, 1.807) is 0 Å². The highest BCUT2D eigenvalue weighted by molar-refractivity contribution is 5.76. The first-order valence-electron chi connectivity index (χ1n) is 21.4. The standard InChI is InChI=1S/C51H57N3O4/c1-35-47(33-54(31-36-10-4-2-5-11-36)32-37-12-6-3-7-13-37)57-49(58-48(35)43-18-16-38(34-55)17-19-43)44-22-20-42(21-23-44)46-15-9-8-14-45(46)30-52-50(56)53-51-27-39-24-40(28-51)26-41(25-39)29-51/h2-23,35,39-41,47-49,55H,24-34H2,1H3,(H2,52,53,56)/t35-,39?,40?,41?,47+,48+,49+,51?/m0/s1. The van der Waals surface area contributed by atoms with E-state index in [0.717, 1.165) is 90.0 Å². The zero-order valence-corrected chi connectivity index (χ0v) is 33.6. The highest BCUT2D eigenvalue weighted by Gasteiger charge is 2.51. The number of carbonyl (C=O) groups excluding carboxylic acids is 1. The number of benzene rings is 5. The molecule has 300 valence electrons. The smallest absolute Gasteiger partial charge is 0.315 e. The minimum absolute atomic E-state index is 0.00419. The van der Waals surface area contributed by atoms with Crippen molar-refractivity contribution in [1.29, 1.82) is 0 Å². The van der Waals surface area contributed by atoms with Crippen molar-refractivity contribution in [2.24, 2.45) is 23.7 Å². The van der Waals surface area contributed by atoms with E-state index >= 15 is 0 Å². The summed E-state index contributed by atoms with van der Waals surface area (Å²) in [7, 11) is 0. The Morgan fingerprint density at radius 3 is 1.86 bits per heavy atom. The second kappa shape index (κ2) is 17.2. The van der Waals surface area contributed by atoms with Crippen LogP contribution < -0.4 is 10.6 Å². The van der Waals surface area contributed by atoms with Crippen LogP contribution in [0.25, 0.3) is 11.1 Å². The van der Waals surface area contributed by atoms with Gasteiger partial charge in [0.1, 0.15) is 0 Å². The summed E-state index contributed by atoms with van der Waals surface area (Å²) in [6, 6.07) is 46.2. The maximum Gasteiger partial charge on any atom is 0.315 e. The minimum atomic E-state index is -0.571. The molecule has 0 unspecified atom stereocenters. The first-order chi connectivity index (χ1) is 28.4. The average molecular weight is 776 g/mol. The van der Waals surface area contributed by atoms with Crippen LogP contribution in [0.3, 0.4) is 0 Å². The fraction of sp³-hybridized carbons (Fsp3) is 0.392. The number of hydrogen-bond donors (Lipinski definition) is 3. The molecule has 0 aromatic heterocycles. The molecule has 7 nitrogen and oxygen atoms in total. The molecule has 1 heterocycles. The number of amides is 2. The van der Waals surface area contributed by atoms with Gasteiger partial charge in [-0.25, -0.2) is 4.79 Å². The zero-order chi connectivity index (χ0) is 39.5. The van der Waals surface area contributed by atoms with Gasteiger partial charge in [-0.1, -0.05) is 140 Å². The fourth-order valence-corrected chi connectivity index (χ4v) is 11.0. The van der Waals surface area contributed by atoms with Gasteiger partial charge in [0.05, 0.1) is 18.8 Å². The maximum atomic E-state index is 13.4. The van der Waals surface area contributed by atoms with Gasteiger partial charge in [-0.15, -0.1) is 0 Å². The largest absolute Gasteiger partial charge is 0.392 e. The zero-order valence-electron chi connectivity index (χ0n) is 33.6. The lowest BCUT2D eigenvalue weighted by Crippen LogP contribution is -2.61. The first kappa shape index (κ1) is 38.7. The van der Waals surface area contributed by atoms with E-state index in [-0.39, 0.29) is 36.3 Å². The summed E-state index contributed by atoms with van der Waals surface area (Å²) >= 11 is 0. The van der Waals surface area contributed by atoms with E-state index in [1.165, 1.54) is 30.4 Å². The molecule has 4 aliphatic carbocycles. The lowest BCUT2D eigenvalue weighted by atomic mass is 9.53. The molecule has 0 spiro atoms. The van der Waals surface area contributed by atoms with Crippen molar-refractivity contribution < 1.29 is 19.4 Å². The molecule has 1 saturated heterocycles. The molecule has 5 aromatic carbocycles. The molecule has 4 saturated carbocycles. The molecule has 7 heteroatoms. The Kier molecular flexibility index (Phi) is 11.5. The third-order valence-corrected chi connectivity index (χ3v) is 13.4. The van der Waals surface area contributed by atoms with Crippen molar-refractivity contribution in [2.75, 3.05) is 6.54 Å². The lowest BCUT2D eigenvalue weighted by Gasteiger charge is -2.56. The van der Waals surface area contributed by atoms with Crippen molar-refractivity contribution in [1.82, 2.24) is 15.5 Å². The van der Waals surface area contributed by atoms with Crippen LogP contribution >= 0.6 is 0 Å². The molecule has 10 rings (SSSR count). The number of urea groups is 1. The number of ether oxygens (including phenoxy) is 2. The van der Waals surface area contributed by atoms with Crippen LogP contribution in [0.1, 0.15) is 91.2 Å². The highest BCUT2D eigenvalue weighted by Crippen LogP contribution is 2.55. The number of hydrogen-bond acceptors (Lipinski definition) is 5. The number of carbonyl (C=O) groups is 1. The number of aliphatic hydroxyl groups is 1. The summed E-state index contributed by atoms with van der Waals surface area (Å²) in [5, 5.41) is 16.5. The van der Waals surface area contributed by atoms with Gasteiger partial charge >= 0.3 is 6.03 Å². The van der Waals surface area contributed by atoms with E-state index in [1.807, 2.05) is 18.2 Å². The van der Waals surface area contributed by atoms with Crippen LogP contribution in [0.2, 0.25) is 0 Å². The molecular weight excluding hydrogens is 719 g/mol. The summed E-state index contributed by atoms with van der Waals surface area (Å²) < 4.78 is 13.8. The number of rotatable bonds is 13. The molecule has 5 aromatic rings. The summed E-state index contributed by atoms with van der Waals surface area (Å²) in [4.78, 5) is 15.8. The quantitative estimate of drug-likeness (QED) is 0.111. The number of aliphatic hydroxyl groups excluding tert-OH is 1. The van der Waals surface area contributed by atoms with Crippen molar-refractivity contribution in [3.63, 3.8) is 0 Å². The molecule has 3 N–H and O–H groups in total. The van der Waals surface area contributed by atoms with Crippen molar-refractivity contribution in [2.45, 2.75) is 95.7 Å². The second-order valence-corrected chi connectivity index (χ2v) is 17.7. The summed E-state index contributed by atoms with van der Waals surface area (Å²) in [6.07, 6.45) is 6.59. The van der Waals surface area contributed by atoms with Gasteiger partial charge in [-0.2, -0.15) is 0 Å². The molecule has 1 aliphatic heterocycles. The average Bonchev–Trinajstić information content (AvgIpc) is 3.24. The van der Waals surface area contributed by atoms with Crippen molar-refractivity contribution in [3.8, 4) is 11.1 Å². The Balaban J connectivity index is 0.925. The Labute approximate surface area is 343 Å². The van der Waals surface area contributed by atoms with E-state index in [0.29, 0.717) is 6.54 Å². The third kappa shape index (κ3) is 8.79. The van der Waals surface area contributed by atoms with Gasteiger partial charge in [0.25, 0.3) is 0 Å². The van der Waals surface area contributed by atoms with Gasteiger partial charge in [-0.05, 0) is 95.2 Å². The molecule has 5 aliphatic rings. The van der Waals surface area contributed by atoms with Crippen LogP contribution in [0, 0.1) is 23.7 Å². The number of nitrogens with zero attached hydrogens (tertiary/aromatic N) is 1. The lowest BCUT2D eigenvalue weighted by molar-refractivity contribution is -0.276. The molecule has 2 amide bonds. The van der Waals surface area contributed by atoms with Crippen LogP contribution in [0.15, 0.2) is 133 Å². The Hall–Kier alpha value is -4.79. The van der Waals surface area contributed by atoms with Gasteiger partial charge in [0, 0.05) is 43.2 Å². The summed E-state index contributed by atoms with van der Waals surface area (Å²) in [6.45, 7) is 5.03. The SMILES string of the molecule is C[C@H]1[C@@H](CN(Cc2ccccc2)Cc2ccccc2)O[C@@H](c2ccc(-c3ccccc3CNC(=O)NC34CC5CC(CC(C5)C3)C4)cc2)O[C@H]1c1ccc(CO)cc1. The fourth-order valence-electron chi connectivity index (χ4n) is 11.0. The van der Waals surface area contributed by atoms with Crippen LogP contribution in [0.5, 0.6) is 0 Å². The highest BCUT2D eigenvalue weighted by atomic mass is 16.7. The van der Waals surface area contributed by atoms with Gasteiger partial charge in [0.2, 0.25) is 0 Å². The molecule has 0 radical (unpaired) electrons. The van der Waals surface area contributed by atoms with Crippen molar-refractivity contribution >= 4 is 6.03 Å². The maximum absolute atomic E-state index is 13.4. The summed E-state index contributed by atoms with van der Waals surface area (Å²) in [5.41, 5.74) is 8.68. The van der Waals surface area contributed by atoms with Gasteiger partial charge in [0.15, 0.2) is 6.29 Å². The predicted molar refractivity (Wildman–Crippen MR) is 228 cm³/mol. The van der Waals surface area contributed by atoms with E-state index in [9.17, 15) is 9.90 Å². The first-order valence-corrected chi connectivity index (χ1v) is 21.4. The van der Waals surface area contributed by atoms with Crippen LogP contribution in [-0.4, -0.2) is 34.2 Å². The van der Waals surface area contributed by atoms with Crippen molar-refractivity contribution in [3.05, 3.63) is 167 Å². The van der Waals surface area contributed by atoms with Crippen LogP contribution in [0.4, 0.5) is 4.79 Å². The molecule has 58 heavy (non-hydrogen) atoms. The topological polar surface area (TPSA) is 83.1 Å². The Bertz CT molecular complexity index is 2050. The normalized spacial score (nSPS) is 27.4. The molecular formula is C51H57N3O4. The van der Waals surface area contributed by atoms with E-state index in [4.69, 9.17) is 9.47 Å². The van der Waals surface area contributed by atoms with Gasteiger partial charge in [-0.3, -0.25) is 4.90 Å². The molecule has 4 atom stereocenters. The van der Waals surface area contributed by atoms with E-state index in [2.05, 4.69) is 138 Å². The predicted octanol–water partition coefficient (Wildman–Crippen LogP) is 10.1. The Morgan fingerprint density at radius 2 is 1.26 bits per heavy atom. The van der Waals surface area contributed by atoms with Gasteiger partial charge < -0.3 is 25.2 Å². The van der Waals surface area contributed by atoms with Crippen LogP contribution in [-0.2, 0) is 35.7 Å². The Morgan fingerprint density at radius 1 is 0.690 bits per heavy atom. The monoisotopic (exact) mass is 775 g/mol. The van der Waals surface area contributed by atoms with E-state index < -0.39 is 6.29 Å². The molecule has 5 fully saturated rings. The molecule has 4 bridgehead atoms. The second-order valence-electron chi connectivity index (χ2n) is 17.7. The number of nitrogens with one attached hydrogen (secondary N) is 2. The minimum Gasteiger partial charge on any atom is -0.392 e. The third-order valence-electron chi connectivity index (χ3n) is 13.4.